The van der Waals surface area contributed by atoms with E-state index in [1.807, 2.05) is 17.2 Å². The van der Waals surface area contributed by atoms with Crippen LogP contribution in [0.1, 0.15) is 42.2 Å². The van der Waals surface area contributed by atoms with E-state index < -0.39 is 0 Å². The Kier molecular flexibility index (Phi) is 5.59. The minimum atomic E-state index is 0.197. The predicted octanol–water partition coefficient (Wildman–Crippen LogP) is 2.51. The van der Waals surface area contributed by atoms with Gasteiger partial charge in [-0.05, 0) is 30.9 Å². The molecule has 0 spiro atoms. The molecule has 0 aromatic carbocycles. The van der Waals surface area contributed by atoms with Gasteiger partial charge in [0.1, 0.15) is 18.1 Å². The lowest BCUT2D eigenvalue weighted by Gasteiger charge is -2.25. The Balaban J connectivity index is 1.44. The lowest BCUT2D eigenvalue weighted by Crippen LogP contribution is -2.35. The number of carbonyl (C=O) groups is 1. The van der Waals surface area contributed by atoms with Gasteiger partial charge < -0.3 is 14.1 Å². The van der Waals surface area contributed by atoms with Crippen LogP contribution in [0.4, 0.5) is 0 Å². The normalized spacial score (nSPS) is 13.8. The third-order valence-corrected chi connectivity index (χ3v) is 4.22. The molecule has 2 aromatic heterocycles. The molecule has 0 aliphatic carbocycles. The third kappa shape index (κ3) is 4.20. The van der Waals surface area contributed by atoms with E-state index in [4.69, 9.17) is 9.15 Å². The summed E-state index contributed by atoms with van der Waals surface area (Å²) >= 11 is 0. The van der Waals surface area contributed by atoms with Gasteiger partial charge in [0.05, 0.1) is 6.54 Å². The van der Waals surface area contributed by atoms with Crippen molar-refractivity contribution in [2.45, 2.75) is 45.3 Å². The highest BCUT2D eigenvalue weighted by Gasteiger charge is 2.24. The Bertz CT molecular complexity index is 669. The van der Waals surface area contributed by atoms with Crippen LogP contribution in [-0.2, 0) is 35.5 Å². The van der Waals surface area contributed by atoms with Crippen molar-refractivity contribution >= 4 is 5.91 Å². The van der Waals surface area contributed by atoms with Gasteiger partial charge >= 0.3 is 0 Å². The maximum absolute atomic E-state index is 12.4. The number of methoxy groups -OCH3 is 1. The number of pyridine rings is 1. The van der Waals surface area contributed by atoms with E-state index in [0.29, 0.717) is 32.0 Å². The van der Waals surface area contributed by atoms with Crippen LogP contribution < -0.4 is 0 Å². The van der Waals surface area contributed by atoms with Gasteiger partial charge in [0.15, 0.2) is 0 Å². The number of unbranched alkanes of at least 4 members (excludes halogenated alkanes) is 1. The van der Waals surface area contributed by atoms with Gasteiger partial charge in [-0.1, -0.05) is 6.07 Å². The number of oxazole rings is 1. The predicted molar refractivity (Wildman–Crippen MR) is 88.1 cm³/mol. The molecule has 1 aliphatic rings. The molecule has 0 saturated heterocycles. The summed E-state index contributed by atoms with van der Waals surface area (Å²) < 4.78 is 10.7. The van der Waals surface area contributed by atoms with E-state index in [9.17, 15) is 4.79 Å². The Morgan fingerprint density at radius 3 is 3.12 bits per heavy atom. The second-order valence-corrected chi connectivity index (χ2v) is 6.04. The molecule has 1 amide bonds. The maximum Gasteiger partial charge on any atom is 0.222 e. The van der Waals surface area contributed by atoms with Crippen LogP contribution in [-0.4, -0.2) is 34.4 Å². The number of aromatic nitrogens is 2. The highest BCUT2D eigenvalue weighted by Crippen LogP contribution is 2.21. The number of fused-ring (bicyclic) bond motifs is 1. The zero-order valence-electron chi connectivity index (χ0n) is 14.0. The number of carbonyl (C=O) groups excluding carboxylic acids is 1. The van der Waals surface area contributed by atoms with Gasteiger partial charge in [0.2, 0.25) is 11.8 Å². The van der Waals surface area contributed by atoms with Crippen molar-refractivity contribution < 1.29 is 13.9 Å². The first-order chi connectivity index (χ1) is 11.8. The first kappa shape index (κ1) is 16.6. The Morgan fingerprint density at radius 1 is 1.42 bits per heavy atom. The molecule has 3 heterocycles. The largest absolute Gasteiger partial charge is 0.443 e. The van der Waals surface area contributed by atoms with Crippen LogP contribution in [0.2, 0.25) is 0 Å². The number of nitrogens with zero attached hydrogens (tertiary/aromatic N) is 3. The van der Waals surface area contributed by atoms with E-state index in [1.165, 1.54) is 5.56 Å². The van der Waals surface area contributed by atoms with E-state index >= 15 is 0 Å². The number of hydrogen-bond acceptors (Lipinski definition) is 5. The summed E-state index contributed by atoms with van der Waals surface area (Å²) in [6, 6.07) is 4.02. The molecule has 24 heavy (non-hydrogen) atoms. The summed E-state index contributed by atoms with van der Waals surface area (Å²) in [6.07, 6.45) is 7.83. The fourth-order valence-corrected chi connectivity index (χ4v) is 2.96. The zero-order valence-corrected chi connectivity index (χ0v) is 14.0. The summed E-state index contributed by atoms with van der Waals surface area (Å²) in [7, 11) is 1.62. The molecule has 0 N–H and O–H groups in total. The van der Waals surface area contributed by atoms with Crippen LogP contribution in [0.5, 0.6) is 0 Å². The van der Waals surface area contributed by atoms with Crippen LogP contribution >= 0.6 is 0 Å². The Hall–Kier alpha value is -2.21. The van der Waals surface area contributed by atoms with Gasteiger partial charge in [-0.25, -0.2) is 4.98 Å². The van der Waals surface area contributed by atoms with Crippen LogP contribution in [0.15, 0.2) is 28.9 Å². The minimum Gasteiger partial charge on any atom is -0.443 e. The molecule has 0 saturated carbocycles. The summed E-state index contributed by atoms with van der Waals surface area (Å²) in [4.78, 5) is 22.8. The molecule has 0 bridgehead atoms. The van der Waals surface area contributed by atoms with Gasteiger partial charge in [0.25, 0.3) is 0 Å². The Labute approximate surface area is 141 Å². The number of ether oxygens (including phenoxy) is 1. The summed E-state index contributed by atoms with van der Waals surface area (Å²) in [5, 5.41) is 0. The van der Waals surface area contributed by atoms with Gasteiger partial charge in [-0.15, -0.1) is 0 Å². The molecular formula is C18H23N3O3. The quantitative estimate of drug-likeness (QED) is 0.730. The molecule has 6 nitrogen and oxygen atoms in total. The highest BCUT2D eigenvalue weighted by molar-refractivity contribution is 5.76. The van der Waals surface area contributed by atoms with E-state index in [0.717, 1.165) is 37.1 Å². The minimum absolute atomic E-state index is 0.197. The molecule has 3 rings (SSSR count). The molecule has 0 radical (unpaired) electrons. The number of amides is 1. The van der Waals surface area contributed by atoms with Crippen molar-refractivity contribution in [1.82, 2.24) is 14.9 Å². The lowest BCUT2D eigenvalue weighted by atomic mass is 10.1. The number of rotatable bonds is 7. The average Bonchev–Trinajstić information content (AvgIpc) is 3.01. The fourth-order valence-electron chi connectivity index (χ4n) is 2.96. The zero-order chi connectivity index (χ0) is 16.8. The molecule has 2 aromatic rings. The molecule has 1 aliphatic heterocycles. The highest BCUT2D eigenvalue weighted by atomic mass is 16.5. The number of aryl methyl sites for hydroxylation is 1. The molecule has 0 unspecified atom stereocenters. The summed E-state index contributed by atoms with van der Waals surface area (Å²) in [5.41, 5.74) is 2.10. The average molecular weight is 329 g/mol. The fraction of sp³-hybridized carbons (Fsp3) is 0.500. The first-order valence-electron chi connectivity index (χ1n) is 8.39. The van der Waals surface area contributed by atoms with Crippen molar-refractivity contribution in [1.29, 1.82) is 0 Å². The molecule has 0 fully saturated rings. The van der Waals surface area contributed by atoms with E-state index in [-0.39, 0.29) is 5.91 Å². The van der Waals surface area contributed by atoms with Crippen molar-refractivity contribution in [2.24, 2.45) is 0 Å². The third-order valence-electron chi connectivity index (χ3n) is 4.22. The van der Waals surface area contributed by atoms with Gasteiger partial charge in [-0.3, -0.25) is 9.78 Å². The van der Waals surface area contributed by atoms with E-state index in [1.54, 1.807) is 13.3 Å². The molecular weight excluding hydrogens is 306 g/mol. The first-order valence-corrected chi connectivity index (χ1v) is 8.39. The van der Waals surface area contributed by atoms with Crippen LogP contribution in [0.3, 0.4) is 0 Å². The molecule has 0 atom stereocenters. The summed E-state index contributed by atoms with van der Waals surface area (Å²) in [6.45, 7) is 1.62. The summed E-state index contributed by atoms with van der Waals surface area (Å²) in [5.74, 6) is 1.68. The smallest absolute Gasteiger partial charge is 0.222 e. The second-order valence-electron chi connectivity index (χ2n) is 6.04. The van der Waals surface area contributed by atoms with Crippen molar-refractivity contribution in [2.75, 3.05) is 13.7 Å². The van der Waals surface area contributed by atoms with Crippen LogP contribution in [0, 0.1) is 0 Å². The van der Waals surface area contributed by atoms with Crippen molar-refractivity contribution in [3.05, 3.63) is 47.4 Å². The second kappa shape index (κ2) is 8.06. The SMILES string of the molecule is COCc1nc2c(o1)CCN(C(=O)CCCCc1cccnc1)C2. The maximum atomic E-state index is 12.4. The van der Waals surface area contributed by atoms with Crippen molar-refractivity contribution in [3.8, 4) is 0 Å². The Morgan fingerprint density at radius 2 is 2.33 bits per heavy atom. The van der Waals surface area contributed by atoms with Gasteiger partial charge in [0, 0.05) is 38.9 Å². The monoisotopic (exact) mass is 329 g/mol. The lowest BCUT2D eigenvalue weighted by molar-refractivity contribution is -0.132. The van der Waals surface area contributed by atoms with E-state index in [2.05, 4.69) is 16.0 Å². The molecule has 6 heteroatoms. The number of hydrogen-bond donors (Lipinski definition) is 0. The topological polar surface area (TPSA) is 68.5 Å². The van der Waals surface area contributed by atoms with Crippen LogP contribution in [0.25, 0.3) is 0 Å². The molecule has 128 valence electrons. The standard InChI is InChI=1S/C18H23N3O3/c1-23-13-17-20-15-12-21(10-8-16(15)24-17)18(22)7-3-2-5-14-6-4-9-19-11-14/h4,6,9,11H,2-3,5,7-8,10,12-13H2,1H3. The van der Waals surface area contributed by atoms with Crippen molar-refractivity contribution in [3.63, 3.8) is 0 Å². The van der Waals surface area contributed by atoms with Gasteiger partial charge in [-0.2, -0.15) is 0 Å².